The summed E-state index contributed by atoms with van der Waals surface area (Å²) >= 11 is 0. The summed E-state index contributed by atoms with van der Waals surface area (Å²) < 4.78 is 5.26. The highest BCUT2D eigenvalue weighted by molar-refractivity contribution is 5.94. The van der Waals surface area contributed by atoms with Crippen molar-refractivity contribution >= 4 is 23.2 Å². The molecule has 0 aliphatic carbocycles. The van der Waals surface area contributed by atoms with Crippen molar-refractivity contribution in [3.8, 4) is 5.75 Å². The number of quaternary nitrogens is 1. The van der Waals surface area contributed by atoms with Crippen LogP contribution in [0.5, 0.6) is 5.75 Å². The number of rotatable bonds is 9. The molecule has 150 valence electrons. The molecule has 0 spiro atoms. The summed E-state index contributed by atoms with van der Waals surface area (Å²) in [5.74, 6) is 0.369. The first-order chi connectivity index (χ1) is 13.4. The van der Waals surface area contributed by atoms with Crippen molar-refractivity contribution in [3.05, 3.63) is 53.6 Å². The van der Waals surface area contributed by atoms with E-state index in [1.165, 1.54) is 0 Å². The molecule has 28 heavy (non-hydrogen) atoms. The van der Waals surface area contributed by atoms with Crippen molar-refractivity contribution in [2.75, 3.05) is 37.4 Å². The van der Waals surface area contributed by atoms with E-state index in [-0.39, 0.29) is 24.9 Å². The maximum Gasteiger partial charge on any atom is 0.279 e. The summed E-state index contributed by atoms with van der Waals surface area (Å²) in [6.45, 7) is 7.22. The van der Waals surface area contributed by atoms with Crippen LogP contribution in [0.25, 0.3) is 0 Å². The van der Waals surface area contributed by atoms with Gasteiger partial charge in [-0.05, 0) is 44.0 Å². The minimum Gasteiger partial charge on any atom is -0.495 e. The van der Waals surface area contributed by atoms with Crippen molar-refractivity contribution in [3.63, 3.8) is 0 Å². The van der Waals surface area contributed by atoms with Crippen LogP contribution < -0.4 is 20.3 Å². The zero-order valence-electron chi connectivity index (χ0n) is 17.1. The van der Waals surface area contributed by atoms with E-state index in [0.29, 0.717) is 11.4 Å². The van der Waals surface area contributed by atoms with Gasteiger partial charge >= 0.3 is 0 Å². The number of carbonyl (C=O) groups excluding carboxylic acids is 2. The number of benzene rings is 2. The fourth-order valence-corrected chi connectivity index (χ4v) is 3.14. The first kappa shape index (κ1) is 21.4. The van der Waals surface area contributed by atoms with E-state index in [2.05, 4.69) is 10.6 Å². The molecular weight excluding hydrogens is 354 g/mol. The SMILES string of the molecule is CCC[NH+](CC(=O)Nc1ccc(C)cc1C)CC(=O)Nc1ccccc1OC. The van der Waals surface area contributed by atoms with Gasteiger partial charge in [-0.2, -0.15) is 0 Å². The van der Waals surface area contributed by atoms with E-state index < -0.39 is 0 Å². The first-order valence-electron chi connectivity index (χ1n) is 9.56. The average molecular weight is 385 g/mol. The molecule has 1 unspecified atom stereocenters. The minimum absolute atomic E-state index is 0.0968. The predicted molar refractivity (Wildman–Crippen MR) is 112 cm³/mol. The van der Waals surface area contributed by atoms with E-state index >= 15 is 0 Å². The number of methoxy groups -OCH3 is 1. The number of nitrogens with one attached hydrogen (secondary N) is 3. The molecule has 2 rings (SSSR count). The lowest BCUT2D eigenvalue weighted by Crippen LogP contribution is -3.14. The Labute approximate surface area is 166 Å². The van der Waals surface area contributed by atoms with Gasteiger partial charge in [-0.25, -0.2) is 0 Å². The summed E-state index contributed by atoms with van der Waals surface area (Å²) in [4.78, 5) is 25.9. The Balaban J connectivity index is 1.96. The molecule has 0 saturated heterocycles. The molecule has 6 heteroatoms. The van der Waals surface area contributed by atoms with Crippen LogP contribution >= 0.6 is 0 Å². The molecule has 2 aromatic rings. The zero-order chi connectivity index (χ0) is 20.5. The lowest BCUT2D eigenvalue weighted by Gasteiger charge is -2.19. The van der Waals surface area contributed by atoms with Crippen LogP contribution in [0.2, 0.25) is 0 Å². The lowest BCUT2D eigenvalue weighted by molar-refractivity contribution is -0.883. The molecule has 0 fully saturated rings. The van der Waals surface area contributed by atoms with Gasteiger partial charge in [-0.1, -0.05) is 36.8 Å². The van der Waals surface area contributed by atoms with Crippen LogP contribution in [0, 0.1) is 13.8 Å². The van der Waals surface area contributed by atoms with Gasteiger partial charge in [0.25, 0.3) is 11.8 Å². The van der Waals surface area contributed by atoms with Crippen molar-refractivity contribution in [2.24, 2.45) is 0 Å². The van der Waals surface area contributed by atoms with Gasteiger partial charge < -0.3 is 20.3 Å². The third kappa shape index (κ3) is 6.39. The molecule has 0 aliphatic heterocycles. The van der Waals surface area contributed by atoms with Crippen molar-refractivity contribution in [1.29, 1.82) is 0 Å². The van der Waals surface area contributed by atoms with Gasteiger partial charge in [0.05, 0.1) is 19.3 Å². The molecule has 0 saturated carbocycles. The van der Waals surface area contributed by atoms with Crippen LogP contribution in [0.1, 0.15) is 24.5 Å². The molecule has 2 amide bonds. The number of hydrogen-bond donors (Lipinski definition) is 3. The summed E-state index contributed by atoms with van der Waals surface area (Å²) in [6, 6.07) is 13.2. The molecule has 0 heterocycles. The number of hydrogen-bond acceptors (Lipinski definition) is 3. The monoisotopic (exact) mass is 384 g/mol. The highest BCUT2D eigenvalue weighted by atomic mass is 16.5. The second kappa shape index (κ2) is 10.5. The molecule has 0 radical (unpaired) electrons. The molecule has 0 bridgehead atoms. The van der Waals surface area contributed by atoms with Gasteiger partial charge in [0.2, 0.25) is 0 Å². The van der Waals surface area contributed by atoms with Crippen molar-refractivity contribution in [1.82, 2.24) is 0 Å². The number of ether oxygens (including phenoxy) is 1. The average Bonchev–Trinajstić information content (AvgIpc) is 2.64. The Morgan fingerprint density at radius 2 is 1.61 bits per heavy atom. The zero-order valence-corrected chi connectivity index (χ0v) is 17.1. The third-order valence-electron chi connectivity index (χ3n) is 4.46. The molecule has 0 aliphatic rings. The highest BCUT2D eigenvalue weighted by Gasteiger charge is 2.19. The fraction of sp³-hybridized carbons (Fsp3) is 0.364. The lowest BCUT2D eigenvalue weighted by atomic mass is 10.1. The van der Waals surface area contributed by atoms with Crippen LogP contribution in [0.15, 0.2) is 42.5 Å². The summed E-state index contributed by atoms with van der Waals surface area (Å²) in [7, 11) is 1.57. The van der Waals surface area contributed by atoms with Crippen LogP contribution in [0.4, 0.5) is 11.4 Å². The molecule has 1 atom stereocenters. The second-order valence-electron chi connectivity index (χ2n) is 6.97. The van der Waals surface area contributed by atoms with E-state index in [0.717, 1.165) is 34.7 Å². The summed E-state index contributed by atoms with van der Waals surface area (Å²) in [6.07, 6.45) is 0.883. The normalized spacial score (nSPS) is 11.6. The summed E-state index contributed by atoms with van der Waals surface area (Å²) in [5, 5.41) is 5.83. The van der Waals surface area contributed by atoms with Gasteiger partial charge in [0, 0.05) is 5.69 Å². The smallest absolute Gasteiger partial charge is 0.279 e. The van der Waals surface area contributed by atoms with Crippen molar-refractivity contribution < 1.29 is 19.2 Å². The van der Waals surface area contributed by atoms with Crippen LogP contribution in [-0.4, -0.2) is 38.6 Å². The Bertz CT molecular complexity index is 820. The second-order valence-corrected chi connectivity index (χ2v) is 6.97. The van der Waals surface area contributed by atoms with E-state index in [4.69, 9.17) is 4.74 Å². The molecule has 2 aromatic carbocycles. The molecule has 0 aromatic heterocycles. The van der Waals surface area contributed by atoms with Gasteiger partial charge in [0.15, 0.2) is 13.1 Å². The molecule has 3 N–H and O–H groups in total. The third-order valence-corrected chi connectivity index (χ3v) is 4.46. The maximum absolute atomic E-state index is 12.5. The molecule has 6 nitrogen and oxygen atoms in total. The van der Waals surface area contributed by atoms with Crippen LogP contribution in [0.3, 0.4) is 0 Å². The Morgan fingerprint density at radius 1 is 0.964 bits per heavy atom. The van der Waals surface area contributed by atoms with Crippen molar-refractivity contribution in [2.45, 2.75) is 27.2 Å². The Hall–Kier alpha value is -2.86. The van der Waals surface area contributed by atoms with Gasteiger partial charge in [-0.3, -0.25) is 9.59 Å². The van der Waals surface area contributed by atoms with Crippen LogP contribution in [-0.2, 0) is 9.59 Å². The van der Waals surface area contributed by atoms with Gasteiger partial charge in [-0.15, -0.1) is 0 Å². The Kier molecular flexibility index (Phi) is 8.02. The van der Waals surface area contributed by atoms with Gasteiger partial charge in [0.1, 0.15) is 5.75 Å². The minimum atomic E-state index is -0.146. The number of aryl methyl sites for hydroxylation is 2. The first-order valence-corrected chi connectivity index (χ1v) is 9.56. The number of carbonyl (C=O) groups is 2. The standard InChI is InChI=1S/C22H29N3O3/c1-5-12-25(14-21(26)23-18-11-10-16(2)13-17(18)3)15-22(27)24-19-8-6-7-9-20(19)28-4/h6-11,13H,5,12,14-15H2,1-4H3,(H,23,26)(H,24,27)/p+1. The quantitative estimate of drug-likeness (QED) is 0.621. The number of anilines is 2. The highest BCUT2D eigenvalue weighted by Crippen LogP contribution is 2.22. The number of para-hydroxylation sites is 2. The maximum atomic E-state index is 12.5. The summed E-state index contributed by atoms with van der Waals surface area (Å²) in [5.41, 5.74) is 3.62. The van der Waals surface area contributed by atoms with E-state index in [1.54, 1.807) is 19.2 Å². The topological polar surface area (TPSA) is 71.9 Å². The van der Waals surface area contributed by atoms with E-state index in [1.807, 2.05) is 51.1 Å². The number of amides is 2. The predicted octanol–water partition coefficient (Wildman–Crippen LogP) is 2.18. The van der Waals surface area contributed by atoms with E-state index in [9.17, 15) is 9.59 Å². The largest absolute Gasteiger partial charge is 0.495 e. The molecular formula is C22H30N3O3+. The Morgan fingerprint density at radius 3 is 2.21 bits per heavy atom. The fourth-order valence-electron chi connectivity index (χ4n) is 3.14.